The maximum Gasteiger partial charge on any atom is 0.229 e. The average molecular weight is 463 g/mol. The van der Waals surface area contributed by atoms with Gasteiger partial charge in [0.2, 0.25) is 5.95 Å². The number of hydrogen-bond acceptors (Lipinski definition) is 7. The second-order valence-corrected chi connectivity index (χ2v) is 9.64. The summed E-state index contributed by atoms with van der Waals surface area (Å²) in [5.74, 6) is 4.58. The molecule has 1 aromatic heterocycles. The summed E-state index contributed by atoms with van der Waals surface area (Å²) in [6.45, 7) is 14.6. The minimum absolute atomic E-state index is 0.613. The standard InChI is InChI=1S/C27H38N6O/c1-7-8-21(15-20(3)34-6)18-32-11-13-33(14-12-32)27-29-25(17-26(30-27)31(4)5)28-24-10-9-19(2)22-16-23(22)24/h7,9-10,15,17,22-23H,1,3,8,11-14,16,18H2,2,4-6H3,(H,28,29,30)/b21-15+. The molecule has 0 amide bonds. The third-order valence-electron chi connectivity index (χ3n) is 6.85. The van der Waals surface area contributed by atoms with Gasteiger partial charge in [-0.3, -0.25) is 4.90 Å². The predicted molar refractivity (Wildman–Crippen MR) is 141 cm³/mol. The van der Waals surface area contributed by atoms with Crippen molar-refractivity contribution in [3.63, 3.8) is 0 Å². The van der Waals surface area contributed by atoms with Crippen LogP contribution in [0.1, 0.15) is 19.8 Å². The Bertz CT molecular complexity index is 1020. The third-order valence-corrected chi connectivity index (χ3v) is 6.85. The van der Waals surface area contributed by atoms with Gasteiger partial charge in [0, 0.05) is 64.5 Å². The molecule has 0 radical (unpaired) electrons. The van der Waals surface area contributed by atoms with E-state index in [9.17, 15) is 0 Å². The lowest BCUT2D eigenvalue weighted by atomic mass is 10.0. The fourth-order valence-corrected chi connectivity index (χ4v) is 4.68. The van der Waals surface area contributed by atoms with Crippen molar-refractivity contribution < 1.29 is 4.74 Å². The monoisotopic (exact) mass is 462 g/mol. The second-order valence-electron chi connectivity index (χ2n) is 9.64. The highest BCUT2D eigenvalue weighted by atomic mass is 16.5. The lowest BCUT2D eigenvalue weighted by Crippen LogP contribution is -2.47. The number of fused-ring (bicyclic) bond motifs is 1. The van der Waals surface area contributed by atoms with Gasteiger partial charge in [-0.15, -0.1) is 6.58 Å². The van der Waals surface area contributed by atoms with Crippen LogP contribution in [0, 0.1) is 11.8 Å². The summed E-state index contributed by atoms with van der Waals surface area (Å²) in [6.07, 6.45) is 10.5. The molecule has 1 aliphatic heterocycles. The van der Waals surface area contributed by atoms with E-state index in [0.717, 1.165) is 56.7 Å². The molecule has 1 saturated heterocycles. The molecule has 182 valence electrons. The van der Waals surface area contributed by atoms with Gasteiger partial charge in [-0.1, -0.05) is 24.3 Å². The van der Waals surface area contributed by atoms with Crippen LogP contribution in [0.15, 0.2) is 66.1 Å². The highest BCUT2D eigenvalue weighted by molar-refractivity contribution is 5.57. The van der Waals surface area contributed by atoms with Crippen LogP contribution in [0.4, 0.5) is 17.6 Å². The first-order valence-electron chi connectivity index (χ1n) is 12.1. The zero-order valence-electron chi connectivity index (χ0n) is 21.0. The minimum atomic E-state index is 0.613. The molecule has 7 nitrogen and oxygen atoms in total. The van der Waals surface area contributed by atoms with Crippen molar-refractivity contribution in [2.24, 2.45) is 11.8 Å². The Morgan fingerprint density at radius 2 is 1.97 bits per heavy atom. The largest absolute Gasteiger partial charge is 0.497 e. The Balaban J connectivity index is 1.43. The van der Waals surface area contributed by atoms with E-state index in [1.54, 1.807) is 7.11 Å². The number of nitrogens with zero attached hydrogens (tertiary/aromatic N) is 5. The molecular weight excluding hydrogens is 424 g/mol. The molecule has 2 atom stereocenters. The van der Waals surface area contributed by atoms with Crippen molar-refractivity contribution in [2.75, 3.05) is 69.0 Å². The van der Waals surface area contributed by atoms with Crippen molar-refractivity contribution in [3.8, 4) is 0 Å². The van der Waals surface area contributed by atoms with Gasteiger partial charge in [-0.05, 0) is 43.4 Å². The molecule has 1 N–H and O–H groups in total. The van der Waals surface area contributed by atoms with Crippen LogP contribution in [-0.2, 0) is 4.74 Å². The number of piperazine rings is 1. The molecule has 2 unspecified atom stereocenters. The lowest BCUT2D eigenvalue weighted by molar-refractivity contribution is 0.273. The Morgan fingerprint density at radius 1 is 1.21 bits per heavy atom. The molecule has 3 aliphatic rings. The summed E-state index contributed by atoms with van der Waals surface area (Å²) in [4.78, 5) is 16.6. The van der Waals surface area contributed by atoms with Crippen LogP contribution in [-0.4, -0.2) is 68.8 Å². The smallest absolute Gasteiger partial charge is 0.229 e. The number of methoxy groups -OCH3 is 1. The average Bonchev–Trinajstić information content (AvgIpc) is 3.63. The zero-order chi connectivity index (χ0) is 24.2. The van der Waals surface area contributed by atoms with E-state index in [4.69, 9.17) is 14.7 Å². The van der Waals surface area contributed by atoms with E-state index in [1.165, 1.54) is 23.3 Å². The van der Waals surface area contributed by atoms with Crippen molar-refractivity contribution in [1.29, 1.82) is 0 Å². The fraction of sp³-hybridized carbons (Fsp3) is 0.481. The quantitative estimate of drug-likeness (QED) is 0.317. The molecule has 1 aromatic rings. The number of anilines is 3. The molecule has 7 heteroatoms. The number of rotatable bonds is 10. The van der Waals surface area contributed by atoms with E-state index in [1.807, 2.05) is 37.2 Å². The molecular formula is C27H38N6O. The van der Waals surface area contributed by atoms with Gasteiger partial charge in [0.15, 0.2) is 0 Å². The Kier molecular flexibility index (Phi) is 7.41. The van der Waals surface area contributed by atoms with Crippen LogP contribution in [0.3, 0.4) is 0 Å². The van der Waals surface area contributed by atoms with Crippen LogP contribution in [0.5, 0.6) is 0 Å². The molecule has 0 aromatic carbocycles. The summed E-state index contributed by atoms with van der Waals surface area (Å²) in [5, 5.41) is 3.60. The lowest BCUT2D eigenvalue weighted by Gasteiger charge is -2.35. The van der Waals surface area contributed by atoms with E-state index in [0.29, 0.717) is 17.6 Å². The molecule has 0 spiro atoms. The Morgan fingerprint density at radius 3 is 2.65 bits per heavy atom. The molecule has 2 aliphatic carbocycles. The van der Waals surface area contributed by atoms with Crippen LogP contribution < -0.4 is 15.1 Å². The highest BCUT2D eigenvalue weighted by Crippen LogP contribution is 2.51. The van der Waals surface area contributed by atoms with E-state index < -0.39 is 0 Å². The summed E-state index contributed by atoms with van der Waals surface area (Å²) in [7, 11) is 5.70. The summed E-state index contributed by atoms with van der Waals surface area (Å²) in [5.41, 5.74) is 4.02. The van der Waals surface area contributed by atoms with Gasteiger partial charge < -0.3 is 19.9 Å². The van der Waals surface area contributed by atoms with Gasteiger partial charge >= 0.3 is 0 Å². The van der Waals surface area contributed by atoms with Crippen molar-refractivity contribution >= 4 is 17.6 Å². The Hall–Kier alpha value is -3.06. The number of aromatic nitrogens is 2. The number of nitrogens with one attached hydrogen (secondary N) is 1. The molecule has 4 rings (SSSR count). The molecule has 0 bridgehead atoms. The normalized spacial score (nSPS) is 22.4. The predicted octanol–water partition coefficient (Wildman–Crippen LogP) is 4.22. The van der Waals surface area contributed by atoms with Gasteiger partial charge in [0.05, 0.1) is 7.11 Å². The number of ether oxygens (including phenoxy) is 1. The zero-order valence-corrected chi connectivity index (χ0v) is 21.0. The SMILES string of the molecule is C=CC/C(=C\C(=C)OC)CN1CCN(c2nc(NC3=CC=C(C)C4CC34)cc(N(C)C)n2)CC1. The van der Waals surface area contributed by atoms with E-state index >= 15 is 0 Å². The summed E-state index contributed by atoms with van der Waals surface area (Å²) < 4.78 is 5.24. The molecule has 2 heterocycles. The second kappa shape index (κ2) is 10.5. The van der Waals surface area contributed by atoms with Gasteiger partial charge in [-0.25, -0.2) is 0 Å². The van der Waals surface area contributed by atoms with Crippen LogP contribution in [0.25, 0.3) is 0 Å². The maximum atomic E-state index is 5.24. The van der Waals surface area contributed by atoms with Gasteiger partial charge in [0.25, 0.3) is 0 Å². The van der Waals surface area contributed by atoms with Gasteiger partial charge in [-0.2, -0.15) is 9.97 Å². The van der Waals surface area contributed by atoms with Crippen molar-refractivity contribution in [3.05, 3.63) is 66.1 Å². The van der Waals surface area contributed by atoms with Crippen LogP contribution in [0.2, 0.25) is 0 Å². The highest BCUT2D eigenvalue weighted by Gasteiger charge is 2.42. The fourth-order valence-electron chi connectivity index (χ4n) is 4.68. The van der Waals surface area contributed by atoms with Crippen molar-refractivity contribution in [2.45, 2.75) is 19.8 Å². The third kappa shape index (κ3) is 5.70. The Labute approximate surface area is 204 Å². The summed E-state index contributed by atoms with van der Waals surface area (Å²) >= 11 is 0. The van der Waals surface area contributed by atoms with Crippen molar-refractivity contribution in [1.82, 2.24) is 14.9 Å². The van der Waals surface area contributed by atoms with Crippen LogP contribution >= 0.6 is 0 Å². The molecule has 1 saturated carbocycles. The maximum absolute atomic E-state index is 5.24. The number of allylic oxidation sites excluding steroid dienone is 6. The van der Waals surface area contributed by atoms with Gasteiger partial charge in [0.1, 0.15) is 17.4 Å². The first-order chi connectivity index (χ1) is 16.4. The first kappa shape index (κ1) is 24.1. The molecule has 2 fully saturated rings. The van der Waals surface area contributed by atoms with E-state index in [2.05, 4.69) is 47.4 Å². The minimum Gasteiger partial charge on any atom is -0.497 e. The summed E-state index contributed by atoms with van der Waals surface area (Å²) in [6, 6.07) is 2.04. The topological polar surface area (TPSA) is 56.8 Å². The number of hydrogen-bond donors (Lipinski definition) is 1. The first-order valence-corrected chi connectivity index (χ1v) is 12.1. The van der Waals surface area contributed by atoms with E-state index in [-0.39, 0.29) is 0 Å². The molecule has 34 heavy (non-hydrogen) atoms.